The number of phenolic OH excluding ortho intramolecular Hbond substituents is 1. The van der Waals surface area contributed by atoms with E-state index < -0.39 is 0 Å². The Morgan fingerprint density at radius 2 is 1.82 bits per heavy atom. The summed E-state index contributed by atoms with van der Waals surface area (Å²) in [6.07, 6.45) is 0.727. The summed E-state index contributed by atoms with van der Waals surface area (Å²) in [5.41, 5.74) is 2.92. The minimum absolute atomic E-state index is 0.0307. The van der Waals surface area contributed by atoms with Crippen LogP contribution in [0.15, 0.2) is 47.6 Å². The maximum atomic E-state index is 10.6. The normalized spacial score (nSPS) is 10.2. The molecule has 3 nitrogen and oxygen atoms in total. The van der Waals surface area contributed by atoms with Crippen LogP contribution in [0, 0.1) is 11.8 Å². The van der Waals surface area contributed by atoms with E-state index in [1.807, 2.05) is 36.4 Å². The van der Waals surface area contributed by atoms with Crippen molar-refractivity contribution in [2.24, 2.45) is 5.18 Å². The van der Waals surface area contributed by atoms with Gasteiger partial charge in [0, 0.05) is 0 Å². The molecule has 86 valence electrons. The van der Waals surface area contributed by atoms with Crippen LogP contribution in [0.4, 0.5) is 5.69 Å². The second-order valence-corrected chi connectivity index (χ2v) is 4.03. The van der Waals surface area contributed by atoms with E-state index in [1.165, 1.54) is 0 Å². The molecule has 0 spiro atoms. The third kappa shape index (κ3) is 2.50. The minimum atomic E-state index is -0.0307. The first kappa shape index (κ1) is 11.3. The summed E-state index contributed by atoms with van der Waals surface area (Å²) in [6, 6.07) is 13.5. The Balaban J connectivity index is 2.34. The number of hydrogen-bond donors (Lipinski definition) is 1. The third-order valence-electron chi connectivity index (χ3n) is 2.69. The maximum Gasteiger partial charge on any atom is 0.150 e. The Kier molecular flexibility index (Phi) is 3.19. The Hall–Kier alpha value is -2.16. The van der Waals surface area contributed by atoms with Crippen LogP contribution in [0.3, 0.4) is 0 Å². The number of rotatable bonds is 3. The van der Waals surface area contributed by atoms with Crippen molar-refractivity contribution in [3.8, 4) is 5.75 Å². The molecule has 2 aromatic rings. The smallest absolute Gasteiger partial charge is 0.150 e. The molecule has 17 heavy (non-hydrogen) atoms. The number of benzene rings is 2. The number of aromatic hydroxyl groups is 1. The quantitative estimate of drug-likeness (QED) is 0.813. The molecule has 0 bridgehead atoms. The van der Waals surface area contributed by atoms with Crippen molar-refractivity contribution in [3.63, 3.8) is 0 Å². The lowest BCUT2D eigenvalue weighted by Crippen LogP contribution is -1.89. The summed E-state index contributed by atoms with van der Waals surface area (Å²) in [5, 5.41) is 12.4. The fourth-order valence-corrected chi connectivity index (χ4v) is 1.84. The number of hydrogen-bond acceptors (Lipinski definition) is 3. The third-order valence-corrected chi connectivity index (χ3v) is 2.69. The molecule has 0 amide bonds. The first-order chi connectivity index (χ1) is 8.20. The second kappa shape index (κ2) is 4.78. The molecule has 0 aliphatic rings. The molecular formula is C14H13NO2. The number of aryl methyl sites for hydroxylation is 1. The van der Waals surface area contributed by atoms with Gasteiger partial charge in [0.1, 0.15) is 11.4 Å². The first-order valence-electron chi connectivity index (χ1n) is 5.40. The fourth-order valence-electron chi connectivity index (χ4n) is 1.84. The van der Waals surface area contributed by atoms with E-state index in [4.69, 9.17) is 0 Å². The van der Waals surface area contributed by atoms with Crippen LogP contribution in [0.5, 0.6) is 5.75 Å². The summed E-state index contributed by atoms with van der Waals surface area (Å²) >= 11 is 0. The van der Waals surface area contributed by atoms with Gasteiger partial charge in [0.15, 0.2) is 0 Å². The Morgan fingerprint density at radius 3 is 2.47 bits per heavy atom. The second-order valence-electron chi connectivity index (χ2n) is 4.03. The summed E-state index contributed by atoms with van der Waals surface area (Å²) in [5.74, 6) is -0.0307. The average molecular weight is 227 g/mol. The van der Waals surface area contributed by atoms with Crippen molar-refractivity contribution < 1.29 is 5.11 Å². The molecule has 0 radical (unpaired) electrons. The van der Waals surface area contributed by atoms with Crippen LogP contribution in [0.2, 0.25) is 0 Å². The van der Waals surface area contributed by atoms with Gasteiger partial charge in [-0.15, -0.1) is 4.91 Å². The van der Waals surface area contributed by atoms with Crippen LogP contribution in [-0.2, 0) is 6.42 Å². The highest BCUT2D eigenvalue weighted by Crippen LogP contribution is 2.31. The van der Waals surface area contributed by atoms with E-state index in [0.717, 1.165) is 17.5 Å². The number of phenols is 1. The van der Waals surface area contributed by atoms with Crippen LogP contribution < -0.4 is 0 Å². The Morgan fingerprint density at radius 1 is 1.12 bits per heavy atom. The highest BCUT2D eigenvalue weighted by molar-refractivity contribution is 5.57. The average Bonchev–Trinajstić information content (AvgIpc) is 2.35. The molecule has 2 rings (SSSR count). The van der Waals surface area contributed by atoms with Crippen molar-refractivity contribution in [3.05, 3.63) is 64.1 Å². The van der Waals surface area contributed by atoms with Crippen molar-refractivity contribution in [2.75, 3.05) is 0 Å². The number of nitroso groups, excluding NO2 is 1. The van der Waals surface area contributed by atoms with E-state index in [1.54, 1.807) is 13.0 Å². The van der Waals surface area contributed by atoms with Crippen LogP contribution in [0.1, 0.15) is 16.7 Å². The van der Waals surface area contributed by atoms with E-state index in [9.17, 15) is 10.0 Å². The molecule has 0 heterocycles. The highest BCUT2D eigenvalue weighted by Gasteiger charge is 2.07. The molecule has 0 fully saturated rings. The lowest BCUT2D eigenvalue weighted by molar-refractivity contribution is 0.472. The zero-order valence-corrected chi connectivity index (χ0v) is 9.55. The Bertz CT molecular complexity index is 535. The minimum Gasteiger partial charge on any atom is -0.505 e. The predicted molar refractivity (Wildman–Crippen MR) is 67.5 cm³/mol. The molecule has 1 N–H and O–H groups in total. The molecule has 0 aliphatic carbocycles. The fraction of sp³-hybridized carbons (Fsp3) is 0.143. The van der Waals surface area contributed by atoms with Crippen molar-refractivity contribution in [1.82, 2.24) is 0 Å². The zero-order valence-electron chi connectivity index (χ0n) is 9.55. The van der Waals surface area contributed by atoms with Gasteiger partial charge in [-0.25, -0.2) is 0 Å². The molecule has 0 saturated heterocycles. The summed E-state index contributed by atoms with van der Waals surface area (Å²) in [7, 11) is 0. The SMILES string of the molecule is Cc1cc(Cc2ccccc2)cc(N=O)c1O. The Labute approximate surface area is 99.7 Å². The van der Waals surface area contributed by atoms with E-state index in [2.05, 4.69) is 5.18 Å². The molecule has 0 unspecified atom stereocenters. The van der Waals surface area contributed by atoms with Gasteiger partial charge < -0.3 is 5.11 Å². The predicted octanol–water partition coefficient (Wildman–Crippen LogP) is 3.69. The topological polar surface area (TPSA) is 49.7 Å². The van der Waals surface area contributed by atoms with E-state index in [0.29, 0.717) is 5.56 Å². The lowest BCUT2D eigenvalue weighted by atomic mass is 10.0. The molecule has 0 aromatic heterocycles. The molecule has 3 heteroatoms. The molecular weight excluding hydrogens is 214 g/mol. The maximum absolute atomic E-state index is 10.6. The zero-order chi connectivity index (χ0) is 12.3. The van der Waals surface area contributed by atoms with Gasteiger partial charge in [-0.2, -0.15) is 0 Å². The van der Waals surface area contributed by atoms with Crippen LogP contribution in [-0.4, -0.2) is 5.11 Å². The lowest BCUT2D eigenvalue weighted by Gasteiger charge is -2.06. The summed E-state index contributed by atoms with van der Waals surface area (Å²) in [6.45, 7) is 1.76. The molecule has 0 atom stereocenters. The van der Waals surface area contributed by atoms with Gasteiger partial charge in [0.2, 0.25) is 0 Å². The summed E-state index contributed by atoms with van der Waals surface area (Å²) in [4.78, 5) is 10.6. The van der Waals surface area contributed by atoms with Crippen LogP contribution in [0.25, 0.3) is 0 Å². The van der Waals surface area contributed by atoms with Gasteiger partial charge in [-0.05, 0) is 41.3 Å². The van der Waals surface area contributed by atoms with Gasteiger partial charge in [-0.3, -0.25) is 0 Å². The van der Waals surface area contributed by atoms with E-state index in [-0.39, 0.29) is 11.4 Å². The van der Waals surface area contributed by atoms with Gasteiger partial charge in [0.25, 0.3) is 0 Å². The number of nitrogens with zero attached hydrogens (tertiary/aromatic N) is 1. The van der Waals surface area contributed by atoms with Gasteiger partial charge >= 0.3 is 0 Å². The van der Waals surface area contributed by atoms with Gasteiger partial charge in [0.05, 0.1) is 0 Å². The van der Waals surface area contributed by atoms with E-state index >= 15 is 0 Å². The van der Waals surface area contributed by atoms with Crippen molar-refractivity contribution in [2.45, 2.75) is 13.3 Å². The van der Waals surface area contributed by atoms with Crippen molar-refractivity contribution in [1.29, 1.82) is 0 Å². The molecule has 0 saturated carbocycles. The van der Waals surface area contributed by atoms with Crippen molar-refractivity contribution >= 4 is 5.69 Å². The standard InChI is InChI=1S/C14H13NO2/c1-10-7-12(9-13(15-17)14(10)16)8-11-5-3-2-4-6-11/h2-7,9,16H,8H2,1H3. The summed E-state index contributed by atoms with van der Waals surface area (Å²) < 4.78 is 0. The van der Waals surface area contributed by atoms with Gasteiger partial charge in [-0.1, -0.05) is 36.4 Å². The highest BCUT2D eigenvalue weighted by atomic mass is 16.3. The van der Waals surface area contributed by atoms with Crippen LogP contribution >= 0.6 is 0 Å². The largest absolute Gasteiger partial charge is 0.505 e. The first-order valence-corrected chi connectivity index (χ1v) is 5.40. The monoisotopic (exact) mass is 227 g/mol. The molecule has 0 aliphatic heterocycles. The molecule has 2 aromatic carbocycles.